The highest BCUT2D eigenvalue weighted by atomic mass is 32.2. The van der Waals surface area contributed by atoms with E-state index >= 15 is 0 Å². The van der Waals surface area contributed by atoms with Crippen molar-refractivity contribution in [3.63, 3.8) is 0 Å². The van der Waals surface area contributed by atoms with Crippen molar-refractivity contribution >= 4 is 38.1 Å². The van der Waals surface area contributed by atoms with Gasteiger partial charge in [-0.05, 0) is 11.5 Å². The minimum absolute atomic E-state index is 0.0287. The Morgan fingerprint density at radius 3 is 2.83 bits per heavy atom. The Morgan fingerprint density at radius 1 is 1.44 bits per heavy atom. The Bertz CT molecular complexity index is 566. The summed E-state index contributed by atoms with van der Waals surface area (Å²) in [5.41, 5.74) is 5.61. The zero-order valence-electron chi connectivity index (χ0n) is 9.84. The molecule has 0 saturated carbocycles. The summed E-state index contributed by atoms with van der Waals surface area (Å²) in [7, 11) is -3.42. The number of carbonyl (C=O) groups excluding carboxylic acids is 1. The van der Waals surface area contributed by atoms with E-state index in [-0.39, 0.29) is 16.6 Å². The lowest BCUT2D eigenvalue weighted by Gasteiger charge is -2.20. The van der Waals surface area contributed by atoms with Gasteiger partial charge in [0, 0.05) is 32.3 Å². The zero-order valence-corrected chi connectivity index (χ0v) is 11.5. The van der Waals surface area contributed by atoms with Crippen molar-refractivity contribution in [1.82, 2.24) is 9.69 Å². The number of rotatable bonds is 2. The molecule has 0 unspecified atom stereocenters. The first kappa shape index (κ1) is 13.1. The highest BCUT2D eigenvalue weighted by Crippen LogP contribution is 2.34. The summed E-state index contributed by atoms with van der Waals surface area (Å²) in [5, 5.41) is 3.25. The molecule has 1 aromatic rings. The number of nitrogens with zero attached hydrogens (tertiary/aromatic N) is 2. The zero-order chi connectivity index (χ0) is 13.3. The maximum absolute atomic E-state index is 11.7. The average Bonchev–Trinajstić information content (AvgIpc) is 2.51. The van der Waals surface area contributed by atoms with Gasteiger partial charge in [-0.2, -0.15) is 4.37 Å². The first-order chi connectivity index (χ1) is 8.39. The maximum Gasteiger partial charge on any atom is 0.221 e. The minimum atomic E-state index is -3.42. The maximum atomic E-state index is 11.7. The molecule has 1 aliphatic rings. The summed E-state index contributed by atoms with van der Waals surface area (Å²) in [5.74, 6) is -0.00285. The summed E-state index contributed by atoms with van der Waals surface area (Å²) in [6, 6.07) is 0. The summed E-state index contributed by atoms with van der Waals surface area (Å²) in [6.07, 6.45) is 1.44. The summed E-state index contributed by atoms with van der Waals surface area (Å²) < 4.78 is 27.3. The highest BCUT2D eigenvalue weighted by Gasteiger charge is 2.26. The molecule has 1 fully saturated rings. The van der Waals surface area contributed by atoms with Crippen molar-refractivity contribution in [1.29, 1.82) is 0 Å². The van der Waals surface area contributed by atoms with Crippen LogP contribution in [0.4, 0.5) is 10.8 Å². The molecule has 0 radical (unpaired) electrons. The molecule has 9 heteroatoms. The van der Waals surface area contributed by atoms with Crippen LogP contribution in [0, 0.1) is 0 Å². The van der Waals surface area contributed by atoms with Gasteiger partial charge in [0.15, 0.2) is 15.7 Å². The third-order valence-corrected chi connectivity index (χ3v) is 4.82. The van der Waals surface area contributed by atoms with E-state index in [1.165, 1.54) is 0 Å². The average molecular weight is 290 g/mol. The van der Waals surface area contributed by atoms with Crippen molar-refractivity contribution < 1.29 is 13.2 Å². The van der Waals surface area contributed by atoms with Crippen molar-refractivity contribution in [3.8, 4) is 0 Å². The van der Waals surface area contributed by atoms with Gasteiger partial charge in [-0.25, -0.2) is 8.42 Å². The SMILES string of the molecule is CS(=O)(=O)c1c(N)nsc1N1CCNC(=O)CC1. The lowest BCUT2D eigenvalue weighted by Crippen LogP contribution is -2.28. The van der Waals surface area contributed by atoms with Crippen LogP contribution in [0.5, 0.6) is 0 Å². The lowest BCUT2D eigenvalue weighted by molar-refractivity contribution is -0.120. The third-order valence-electron chi connectivity index (χ3n) is 2.63. The molecule has 1 saturated heterocycles. The molecular formula is C9H14N4O3S2. The van der Waals surface area contributed by atoms with Gasteiger partial charge in [0.2, 0.25) is 5.91 Å². The number of anilines is 2. The van der Waals surface area contributed by atoms with E-state index in [2.05, 4.69) is 9.69 Å². The molecule has 0 aromatic carbocycles. The van der Waals surface area contributed by atoms with Crippen molar-refractivity contribution in [2.75, 3.05) is 36.5 Å². The Hall–Kier alpha value is -1.35. The van der Waals surface area contributed by atoms with Crippen LogP contribution in [0.15, 0.2) is 4.90 Å². The number of aromatic nitrogens is 1. The molecule has 0 aliphatic carbocycles. The topological polar surface area (TPSA) is 105 Å². The Labute approximate surface area is 109 Å². The fourth-order valence-electron chi connectivity index (χ4n) is 1.80. The Kier molecular flexibility index (Phi) is 3.44. The molecule has 1 aromatic heterocycles. The molecular weight excluding hydrogens is 276 g/mol. The number of sulfone groups is 1. The van der Waals surface area contributed by atoms with Crippen molar-refractivity contribution in [3.05, 3.63) is 0 Å². The molecule has 2 heterocycles. The molecule has 18 heavy (non-hydrogen) atoms. The predicted molar refractivity (Wildman–Crippen MR) is 69.5 cm³/mol. The van der Waals surface area contributed by atoms with E-state index in [0.717, 1.165) is 17.8 Å². The molecule has 1 aliphatic heterocycles. The number of carbonyl (C=O) groups is 1. The van der Waals surface area contributed by atoms with E-state index in [9.17, 15) is 13.2 Å². The fraction of sp³-hybridized carbons (Fsp3) is 0.556. The molecule has 1 amide bonds. The van der Waals surface area contributed by atoms with Crippen LogP contribution >= 0.6 is 11.5 Å². The van der Waals surface area contributed by atoms with Gasteiger partial charge in [-0.3, -0.25) is 4.79 Å². The smallest absolute Gasteiger partial charge is 0.221 e. The van der Waals surface area contributed by atoms with E-state index < -0.39 is 9.84 Å². The number of nitrogens with two attached hydrogens (primary N) is 1. The van der Waals surface area contributed by atoms with Crippen LogP contribution in [0.25, 0.3) is 0 Å². The van der Waals surface area contributed by atoms with E-state index in [0.29, 0.717) is 31.1 Å². The molecule has 0 spiro atoms. The van der Waals surface area contributed by atoms with Gasteiger partial charge in [-0.15, -0.1) is 0 Å². The fourth-order valence-corrected chi connectivity index (χ4v) is 4.06. The molecule has 2 rings (SSSR count). The van der Waals surface area contributed by atoms with Gasteiger partial charge in [0.05, 0.1) is 0 Å². The van der Waals surface area contributed by atoms with Gasteiger partial charge in [-0.1, -0.05) is 0 Å². The summed E-state index contributed by atoms with van der Waals surface area (Å²) in [4.78, 5) is 13.2. The number of nitrogen functional groups attached to an aromatic ring is 1. The van der Waals surface area contributed by atoms with Crippen molar-refractivity contribution in [2.24, 2.45) is 0 Å². The predicted octanol–water partition coefficient (Wildman–Crippen LogP) is -0.545. The Morgan fingerprint density at radius 2 is 2.17 bits per heavy atom. The quantitative estimate of drug-likeness (QED) is 0.757. The second-order valence-electron chi connectivity index (χ2n) is 4.06. The van der Waals surface area contributed by atoms with E-state index in [4.69, 9.17) is 5.73 Å². The summed E-state index contributed by atoms with van der Waals surface area (Å²) >= 11 is 1.05. The first-order valence-corrected chi connectivity index (χ1v) is 8.03. The van der Waals surface area contributed by atoms with Crippen LogP contribution < -0.4 is 16.0 Å². The van der Waals surface area contributed by atoms with Gasteiger partial charge >= 0.3 is 0 Å². The molecule has 100 valence electrons. The molecule has 3 N–H and O–H groups in total. The first-order valence-electron chi connectivity index (χ1n) is 5.36. The van der Waals surface area contributed by atoms with Gasteiger partial charge in [0.1, 0.15) is 9.90 Å². The van der Waals surface area contributed by atoms with Gasteiger partial charge in [0.25, 0.3) is 0 Å². The largest absolute Gasteiger partial charge is 0.382 e. The molecule has 7 nitrogen and oxygen atoms in total. The minimum Gasteiger partial charge on any atom is -0.382 e. The standard InChI is InChI=1S/C9H14N4O3S2/c1-18(15,16)7-8(10)12-17-9(7)13-4-2-6(14)11-3-5-13/h2-5H2,1H3,(H2,10,12)(H,11,14). The number of nitrogens with one attached hydrogen (secondary N) is 1. The second-order valence-corrected chi connectivity index (χ2v) is 6.77. The van der Waals surface area contributed by atoms with Crippen LogP contribution in [-0.2, 0) is 14.6 Å². The second kappa shape index (κ2) is 4.73. The van der Waals surface area contributed by atoms with E-state index in [1.54, 1.807) is 0 Å². The molecule has 0 bridgehead atoms. The van der Waals surface area contributed by atoms with Crippen molar-refractivity contribution in [2.45, 2.75) is 11.3 Å². The van der Waals surface area contributed by atoms with Crippen LogP contribution in [0.2, 0.25) is 0 Å². The van der Waals surface area contributed by atoms with Crippen LogP contribution in [0.1, 0.15) is 6.42 Å². The Balaban J connectivity index is 2.37. The normalized spacial score (nSPS) is 17.4. The van der Waals surface area contributed by atoms with Crippen LogP contribution in [0.3, 0.4) is 0 Å². The molecule has 0 atom stereocenters. The number of hydrogen-bond donors (Lipinski definition) is 2. The number of hydrogen-bond acceptors (Lipinski definition) is 7. The highest BCUT2D eigenvalue weighted by molar-refractivity contribution is 7.91. The lowest BCUT2D eigenvalue weighted by atomic mass is 10.4. The third kappa shape index (κ3) is 2.56. The van der Waals surface area contributed by atoms with E-state index in [1.807, 2.05) is 4.90 Å². The van der Waals surface area contributed by atoms with Gasteiger partial charge < -0.3 is 16.0 Å². The monoisotopic (exact) mass is 290 g/mol. The van der Waals surface area contributed by atoms with Crippen LogP contribution in [-0.4, -0.2) is 44.6 Å². The summed E-state index contributed by atoms with van der Waals surface area (Å²) in [6.45, 7) is 1.51. The number of amides is 1.